The largest absolute Gasteiger partial charge is 1.00 e. The van der Waals surface area contributed by atoms with Gasteiger partial charge in [-0.1, -0.05) is 34.4 Å². The average molecular weight is 1440 g/mol. The molecular weight excluding hydrogens is 1400 g/mol. The second kappa shape index (κ2) is 39.0. The van der Waals surface area contributed by atoms with E-state index in [0.29, 0.717) is 5.69 Å². The summed E-state index contributed by atoms with van der Waals surface area (Å²) in [4.78, 5) is 13.1. The Morgan fingerprint density at radius 1 is 0.682 bits per heavy atom. The standard InChI is InChI=1S/C38H34ClN10O12S4.Cu.5Na.2H2O4S.O3S/c1-4-49(23-8-7-9-24(19-23)62(52,53)5-2)38-43-36(39)42-37(44-38)41-22-10-17-33(65(59,60)61)31(18-22)47-48-34-26-12-16-30(35(51)27(26)13-15-29(34)40-21-64(56,57)58)46-45-28-14-11-25(20-32(28)50)63(54,55)6-3;;;;;;;2*1-5(2,3)4;1-4(2)3/h7-15,17-20,40,50-51H,2-6,21H2,1H3,(H,56,57,58)(H,59,60,61)(H,41,42,43,44);;;;;;;2*(H2,1,2,3,4);/q-3;;5*+1;;;/p-4. The van der Waals surface area contributed by atoms with Crippen LogP contribution in [0.15, 0.2) is 114 Å². The second-order valence-corrected chi connectivity index (χ2v) is 23.7. The first-order valence-electron chi connectivity index (χ1n) is 20.1. The SMILES string of the molecule is O=S(=O)([O-])O.O=S(=O)([O-])O.O=S(=O)=O.[CH2-]CS(=O)(=O)c1cccc(N(CC)c2nc(Cl)nc(Nc3ccc(S(=O)(=O)[O-])c(N=Nc4c(NCS(=O)(=O)[O-])ccc5c(O)c(N=Nc6ccc(S(=O)(=O)C[CH2-])cc6O)[c-]cc45)c3)n2)c1.[Cu].[Na+].[Na+].[Na+].[Na+].[Na+]. The Kier molecular flexibility index (Phi) is 41.2. The summed E-state index contributed by atoms with van der Waals surface area (Å²) in [7, 11) is -30.5. The van der Waals surface area contributed by atoms with Crippen LogP contribution in [0.3, 0.4) is 0 Å². The summed E-state index contributed by atoms with van der Waals surface area (Å²) in [5, 5.41) is 42.3. The van der Waals surface area contributed by atoms with Gasteiger partial charge in [0, 0.05) is 52.5 Å². The van der Waals surface area contributed by atoms with Crippen LogP contribution in [0.2, 0.25) is 5.28 Å². The molecule has 0 aliphatic heterocycles. The molecule has 5 aromatic carbocycles. The van der Waals surface area contributed by atoms with Crippen LogP contribution in [0.4, 0.5) is 51.7 Å². The summed E-state index contributed by atoms with van der Waals surface area (Å²) in [6, 6.07) is 18.8. The Labute approximate surface area is 614 Å². The number of nitrogens with one attached hydrogen (secondary N) is 2. The Morgan fingerprint density at radius 2 is 1.21 bits per heavy atom. The van der Waals surface area contributed by atoms with Crippen molar-refractivity contribution in [2.75, 3.05) is 39.5 Å². The summed E-state index contributed by atoms with van der Waals surface area (Å²) >= 11 is 6.27. The third-order valence-corrected chi connectivity index (χ3v) is 13.5. The van der Waals surface area contributed by atoms with Crippen LogP contribution in [-0.2, 0) is 88.4 Å². The van der Waals surface area contributed by atoms with Crippen molar-refractivity contribution >= 4 is 145 Å². The van der Waals surface area contributed by atoms with E-state index in [1.807, 2.05) is 0 Å². The topological polar surface area (TPSA) is 545 Å². The Bertz CT molecular complexity index is 4130. The molecule has 1 heterocycles. The zero-order valence-electron chi connectivity index (χ0n) is 44.4. The van der Waals surface area contributed by atoms with Crippen molar-refractivity contribution in [1.29, 1.82) is 0 Å². The van der Waals surface area contributed by atoms with Gasteiger partial charge in [-0.15, -0.1) is 17.7 Å². The molecule has 0 saturated carbocycles. The van der Waals surface area contributed by atoms with E-state index in [-0.39, 0.29) is 243 Å². The number of sulfone groups is 2. The maximum atomic E-state index is 12.5. The maximum Gasteiger partial charge on any atom is 1.00 e. The number of anilines is 5. The van der Waals surface area contributed by atoms with Crippen molar-refractivity contribution in [2.45, 2.75) is 21.6 Å². The molecule has 0 atom stereocenters. The number of aromatic nitrogens is 3. The van der Waals surface area contributed by atoms with Gasteiger partial charge >= 0.3 is 158 Å². The second-order valence-electron chi connectivity index (χ2n) is 14.3. The minimum absolute atomic E-state index is 0. The molecule has 1 aromatic heterocycles. The van der Waals surface area contributed by atoms with Crippen LogP contribution in [0.5, 0.6) is 11.5 Å². The van der Waals surface area contributed by atoms with E-state index >= 15 is 0 Å². The van der Waals surface area contributed by atoms with Crippen molar-refractivity contribution in [3.63, 3.8) is 0 Å². The number of phenols is 2. The third-order valence-electron chi connectivity index (χ3n) is 8.97. The fourth-order valence-corrected chi connectivity index (χ4v) is 8.53. The quantitative estimate of drug-likeness (QED) is 0.0162. The molecule has 0 spiro atoms. The first-order chi connectivity index (χ1) is 36.3. The minimum Gasteiger partial charge on any atom is -0.747 e. The van der Waals surface area contributed by atoms with Gasteiger partial charge in [0.2, 0.25) is 38.0 Å². The average Bonchev–Trinajstić information content (AvgIpc) is 3.31. The van der Waals surface area contributed by atoms with Gasteiger partial charge in [-0.25, -0.2) is 50.5 Å². The van der Waals surface area contributed by atoms with E-state index in [1.54, 1.807) is 13.0 Å². The Hall–Kier alpha value is -1.54. The van der Waals surface area contributed by atoms with Crippen LogP contribution in [0.25, 0.3) is 10.8 Å². The zero-order chi connectivity index (χ0) is 60.1. The van der Waals surface area contributed by atoms with Crippen molar-refractivity contribution in [1.82, 2.24) is 15.0 Å². The minimum atomic E-state index is -5.24. The third kappa shape index (κ3) is 31.4. The molecule has 47 heteroatoms. The van der Waals surface area contributed by atoms with Crippen LogP contribution >= 0.6 is 11.6 Å². The number of nitrogens with zero attached hydrogens (tertiary/aromatic N) is 8. The predicted octanol–water partition coefficient (Wildman–Crippen LogP) is -11.3. The Morgan fingerprint density at radius 3 is 1.71 bits per heavy atom. The molecule has 0 amide bonds. The Balaban J connectivity index is -0.00000147. The molecule has 0 fully saturated rings. The van der Waals surface area contributed by atoms with Crippen molar-refractivity contribution in [3.8, 4) is 11.5 Å². The van der Waals surface area contributed by atoms with Gasteiger partial charge in [-0.3, -0.25) is 9.11 Å². The van der Waals surface area contributed by atoms with E-state index in [9.17, 15) is 53.0 Å². The summed E-state index contributed by atoms with van der Waals surface area (Å²) in [6.07, 6.45) is 0. The van der Waals surface area contributed by atoms with Gasteiger partial charge in [-0.05, 0) is 73.1 Å². The van der Waals surface area contributed by atoms with Gasteiger partial charge in [0.15, 0.2) is 19.7 Å². The van der Waals surface area contributed by atoms with E-state index in [0.717, 1.165) is 18.2 Å². The normalized spacial score (nSPS) is 11.3. The molecule has 6 aromatic rings. The van der Waals surface area contributed by atoms with Crippen molar-refractivity contribution < 1.29 is 266 Å². The summed E-state index contributed by atoms with van der Waals surface area (Å²) < 4.78 is 212. The number of hydrogen-bond acceptors (Lipinski definition) is 31. The number of hydrogen-bond donors (Lipinski definition) is 6. The molecule has 441 valence electrons. The van der Waals surface area contributed by atoms with Crippen molar-refractivity contribution in [2.24, 2.45) is 20.5 Å². The van der Waals surface area contributed by atoms with Crippen LogP contribution in [-0.4, -0.2) is 140 Å². The van der Waals surface area contributed by atoms with Gasteiger partial charge < -0.3 is 57.8 Å². The first-order valence-corrected chi connectivity index (χ1v) is 30.5. The number of aromatic hydroxyl groups is 2. The molecule has 0 aliphatic rings. The molecule has 0 aliphatic carbocycles. The number of phenolic OH excluding ortho intramolecular Hbond substituents is 2. The summed E-state index contributed by atoms with van der Waals surface area (Å²) in [5.74, 6) is -3.33. The number of rotatable bonds is 17. The maximum absolute atomic E-state index is 12.5. The summed E-state index contributed by atoms with van der Waals surface area (Å²) in [5.41, 5.74) is -1.06. The van der Waals surface area contributed by atoms with Gasteiger partial charge in [0.05, 0.1) is 26.1 Å². The first kappa shape index (κ1) is 89.9. The van der Waals surface area contributed by atoms with E-state index < -0.39 is 105 Å². The molecule has 6 N–H and O–H groups in total. The van der Waals surface area contributed by atoms with Gasteiger partial charge in [0.1, 0.15) is 43.2 Å². The number of benzene rings is 5. The molecule has 0 bridgehead atoms. The number of fused-ring (bicyclic) bond motifs is 1. The van der Waals surface area contributed by atoms with E-state index in [4.69, 9.17) is 59.3 Å². The van der Waals surface area contributed by atoms with Crippen LogP contribution in [0, 0.1) is 19.9 Å². The number of azo groups is 2. The summed E-state index contributed by atoms with van der Waals surface area (Å²) in [6.45, 7) is 8.79. The van der Waals surface area contributed by atoms with Gasteiger partial charge in [-0.2, -0.15) is 42.4 Å². The smallest absolute Gasteiger partial charge is 0.747 e. The monoisotopic (exact) mass is 1430 g/mol. The predicted molar refractivity (Wildman–Crippen MR) is 270 cm³/mol. The molecule has 85 heavy (non-hydrogen) atoms. The fraction of sp³-hybridized carbons (Fsp3) is 0.132. The van der Waals surface area contributed by atoms with E-state index in [2.05, 4.69) is 66.0 Å². The molecule has 6 rings (SSSR count). The van der Waals surface area contributed by atoms with Crippen LogP contribution < -0.4 is 163 Å². The van der Waals surface area contributed by atoms with E-state index in [1.165, 1.54) is 59.5 Å². The molecule has 33 nitrogen and oxygen atoms in total. The number of halogens is 1. The molecule has 1 radical (unpaired) electrons. The van der Waals surface area contributed by atoms with Gasteiger partial charge in [0.25, 0.3) is 0 Å². The molecule has 0 saturated heterocycles. The fourth-order valence-electron chi connectivity index (χ4n) is 5.83. The van der Waals surface area contributed by atoms with Crippen molar-refractivity contribution in [3.05, 3.63) is 104 Å². The zero-order valence-corrected chi connectivity index (χ0v) is 61.8. The van der Waals surface area contributed by atoms with Crippen LogP contribution in [0.1, 0.15) is 6.92 Å². The molecular formula is C38H34ClCuN10Na5O23S7-2. The molecule has 0 unspecified atom stereocenters.